The molecule has 0 saturated heterocycles. The van der Waals surface area contributed by atoms with Gasteiger partial charge in [0, 0.05) is 12.3 Å². The van der Waals surface area contributed by atoms with Crippen molar-refractivity contribution in [3.63, 3.8) is 0 Å². The molecule has 0 spiro atoms. The first-order valence-corrected chi connectivity index (χ1v) is 5.02. The summed E-state index contributed by atoms with van der Waals surface area (Å²) in [5, 5.41) is 1.03. The topological polar surface area (TPSA) is 26.3 Å². The lowest BCUT2D eigenvalue weighted by Crippen LogP contribution is -2.11. The van der Waals surface area contributed by atoms with Gasteiger partial charge in [-0.3, -0.25) is 4.79 Å². The van der Waals surface area contributed by atoms with E-state index in [2.05, 4.69) is 15.9 Å². The molecule has 66 valence electrons. The molecule has 0 bridgehead atoms. The first-order valence-electron chi connectivity index (χ1n) is 3.90. The molecular weight excluding hydrogens is 208 g/mol. The standard InChI is InChI=1S/C8H15BrO2/c1-7(11-8(2)10)5-3-4-6-9/h7H,3-6H2,1-2H3/t7-/m0/s1. The van der Waals surface area contributed by atoms with Gasteiger partial charge in [0.15, 0.2) is 0 Å². The number of hydrogen-bond acceptors (Lipinski definition) is 2. The van der Waals surface area contributed by atoms with Crippen molar-refractivity contribution >= 4 is 21.9 Å². The molecule has 1 atom stereocenters. The quantitative estimate of drug-likeness (QED) is 0.406. The fourth-order valence-corrected chi connectivity index (χ4v) is 1.27. The normalized spacial score (nSPS) is 12.6. The van der Waals surface area contributed by atoms with Crippen LogP contribution in [0.1, 0.15) is 33.1 Å². The van der Waals surface area contributed by atoms with E-state index >= 15 is 0 Å². The first-order chi connectivity index (χ1) is 5.16. The van der Waals surface area contributed by atoms with Gasteiger partial charge in [0.2, 0.25) is 0 Å². The third-order valence-electron chi connectivity index (χ3n) is 1.36. The van der Waals surface area contributed by atoms with E-state index in [0.29, 0.717) is 0 Å². The maximum Gasteiger partial charge on any atom is 0.302 e. The largest absolute Gasteiger partial charge is 0.463 e. The molecule has 0 rings (SSSR count). The monoisotopic (exact) mass is 222 g/mol. The number of rotatable bonds is 5. The van der Waals surface area contributed by atoms with E-state index in [4.69, 9.17) is 4.74 Å². The summed E-state index contributed by atoms with van der Waals surface area (Å²) in [4.78, 5) is 10.5. The maximum absolute atomic E-state index is 10.5. The van der Waals surface area contributed by atoms with Crippen molar-refractivity contribution in [1.82, 2.24) is 0 Å². The van der Waals surface area contributed by atoms with Crippen LogP contribution in [0.4, 0.5) is 0 Å². The highest BCUT2D eigenvalue weighted by molar-refractivity contribution is 9.09. The highest BCUT2D eigenvalue weighted by Crippen LogP contribution is 2.05. The van der Waals surface area contributed by atoms with E-state index in [1.165, 1.54) is 6.92 Å². The SMILES string of the molecule is CC(=O)O[C@@H](C)CCCCBr. The number of alkyl halides is 1. The summed E-state index contributed by atoms with van der Waals surface area (Å²) in [7, 11) is 0. The molecule has 0 amide bonds. The molecule has 0 radical (unpaired) electrons. The molecule has 0 aliphatic rings. The summed E-state index contributed by atoms with van der Waals surface area (Å²) >= 11 is 3.34. The summed E-state index contributed by atoms with van der Waals surface area (Å²) in [6, 6.07) is 0. The number of halogens is 1. The lowest BCUT2D eigenvalue weighted by molar-refractivity contribution is -0.145. The number of ether oxygens (including phenoxy) is 1. The molecule has 11 heavy (non-hydrogen) atoms. The van der Waals surface area contributed by atoms with Crippen LogP contribution in [0.5, 0.6) is 0 Å². The zero-order valence-corrected chi connectivity index (χ0v) is 8.69. The van der Waals surface area contributed by atoms with Crippen LogP contribution in [-0.4, -0.2) is 17.4 Å². The van der Waals surface area contributed by atoms with Gasteiger partial charge in [-0.2, -0.15) is 0 Å². The Balaban J connectivity index is 3.22. The second-order valence-corrected chi connectivity index (χ2v) is 3.40. The number of unbranched alkanes of at least 4 members (excludes halogenated alkanes) is 1. The first kappa shape index (κ1) is 11.0. The van der Waals surface area contributed by atoms with E-state index < -0.39 is 0 Å². The van der Waals surface area contributed by atoms with Gasteiger partial charge in [-0.1, -0.05) is 15.9 Å². The molecule has 0 aromatic heterocycles. The molecule has 0 fully saturated rings. The highest BCUT2D eigenvalue weighted by Gasteiger charge is 2.03. The fraction of sp³-hybridized carbons (Fsp3) is 0.875. The predicted octanol–water partition coefficient (Wildman–Crippen LogP) is 2.50. The van der Waals surface area contributed by atoms with Crippen molar-refractivity contribution in [2.24, 2.45) is 0 Å². The lowest BCUT2D eigenvalue weighted by atomic mass is 10.2. The van der Waals surface area contributed by atoms with E-state index in [-0.39, 0.29) is 12.1 Å². The van der Waals surface area contributed by atoms with Crippen molar-refractivity contribution in [2.75, 3.05) is 5.33 Å². The molecule has 0 heterocycles. The average Bonchev–Trinajstić information content (AvgIpc) is 1.86. The third kappa shape index (κ3) is 7.85. The van der Waals surface area contributed by atoms with Crippen LogP contribution in [-0.2, 0) is 9.53 Å². The van der Waals surface area contributed by atoms with Crippen molar-refractivity contribution in [1.29, 1.82) is 0 Å². The molecule has 0 aromatic carbocycles. The lowest BCUT2D eigenvalue weighted by Gasteiger charge is -2.10. The van der Waals surface area contributed by atoms with Crippen LogP contribution in [0.3, 0.4) is 0 Å². The molecule has 0 unspecified atom stereocenters. The minimum Gasteiger partial charge on any atom is -0.463 e. The van der Waals surface area contributed by atoms with Gasteiger partial charge in [0.05, 0.1) is 6.10 Å². The Hall–Kier alpha value is -0.0500. The summed E-state index contributed by atoms with van der Waals surface area (Å²) in [5.74, 6) is -0.184. The second-order valence-electron chi connectivity index (χ2n) is 2.60. The fourth-order valence-electron chi connectivity index (χ4n) is 0.869. The van der Waals surface area contributed by atoms with Crippen LogP contribution < -0.4 is 0 Å². The van der Waals surface area contributed by atoms with Gasteiger partial charge in [-0.05, 0) is 26.2 Å². The molecule has 0 aliphatic carbocycles. The van der Waals surface area contributed by atoms with Gasteiger partial charge in [0.1, 0.15) is 0 Å². The van der Waals surface area contributed by atoms with Crippen molar-refractivity contribution in [3.8, 4) is 0 Å². The van der Waals surface area contributed by atoms with Gasteiger partial charge >= 0.3 is 5.97 Å². The molecule has 0 aromatic rings. The molecule has 0 aliphatic heterocycles. The number of hydrogen-bond donors (Lipinski definition) is 0. The molecule has 2 nitrogen and oxygen atoms in total. The van der Waals surface area contributed by atoms with Crippen LogP contribution in [0.2, 0.25) is 0 Å². The molecular formula is C8H15BrO2. The van der Waals surface area contributed by atoms with Crippen LogP contribution >= 0.6 is 15.9 Å². The van der Waals surface area contributed by atoms with Crippen LogP contribution in [0.25, 0.3) is 0 Å². The Labute approximate surface area is 76.4 Å². The third-order valence-corrected chi connectivity index (χ3v) is 1.92. The number of carbonyl (C=O) groups excluding carboxylic acids is 1. The van der Waals surface area contributed by atoms with E-state index in [1.807, 2.05) is 6.92 Å². The van der Waals surface area contributed by atoms with Crippen LogP contribution in [0.15, 0.2) is 0 Å². The van der Waals surface area contributed by atoms with Crippen molar-refractivity contribution < 1.29 is 9.53 Å². The maximum atomic E-state index is 10.5. The highest BCUT2D eigenvalue weighted by atomic mass is 79.9. The number of carbonyl (C=O) groups is 1. The van der Waals surface area contributed by atoms with E-state index in [1.54, 1.807) is 0 Å². The van der Waals surface area contributed by atoms with Gasteiger partial charge in [-0.25, -0.2) is 0 Å². The summed E-state index contributed by atoms with van der Waals surface area (Å²) in [5.41, 5.74) is 0. The minimum atomic E-state index is -0.184. The summed E-state index contributed by atoms with van der Waals surface area (Å²) in [6.07, 6.45) is 3.29. The van der Waals surface area contributed by atoms with Crippen molar-refractivity contribution in [3.05, 3.63) is 0 Å². The van der Waals surface area contributed by atoms with Crippen LogP contribution in [0, 0.1) is 0 Å². The van der Waals surface area contributed by atoms with E-state index in [9.17, 15) is 4.79 Å². The molecule has 0 saturated carbocycles. The molecule has 0 N–H and O–H groups in total. The Morgan fingerprint density at radius 3 is 2.64 bits per heavy atom. The zero-order chi connectivity index (χ0) is 8.69. The second kappa shape index (κ2) is 6.65. The van der Waals surface area contributed by atoms with E-state index in [0.717, 1.165) is 24.6 Å². The molecule has 3 heteroatoms. The Bertz CT molecular complexity index is 115. The zero-order valence-electron chi connectivity index (χ0n) is 7.10. The predicted molar refractivity (Wildman–Crippen MR) is 48.9 cm³/mol. The Kier molecular flexibility index (Phi) is 6.62. The average molecular weight is 223 g/mol. The minimum absolute atomic E-state index is 0.0755. The van der Waals surface area contributed by atoms with Crippen molar-refractivity contribution in [2.45, 2.75) is 39.2 Å². The smallest absolute Gasteiger partial charge is 0.302 e. The number of esters is 1. The van der Waals surface area contributed by atoms with Gasteiger partial charge in [-0.15, -0.1) is 0 Å². The van der Waals surface area contributed by atoms with Gasteiger partial charge < -0.3 is 4.74 Å². The summed E-state index contributed by atoms with van der Waals surface area (Å²) in [6.45, 7) is 3.37. The summed E-state index contributed by atoms with van der Waals surface area (Å²) < 4.78 is 4.94. The Morgan fingerprint density at radius 1 is 1.55 bits per heavy atom. The van der Waals surface area contributed by atoms with Gasteiger partial charge in [0.25, 0.3) is 0 Å². The Morgan fingerprint density at radius 2 is 2.18 bits per heavy atom.